The highest BCUT2D eigenvalue weighted by Gasteiger charge is 2.29. The number of aromatic amines is 1. The summed E-state index contributed by atoms with van der Waals surface area (Å²) in [6.07, 6.45) is 2.24. The van der Waals surface area contributed by atoms with E-state index in [4.69, 9.17) is 4.98 Å². The maximum atomic E-state index is 12.6. The fourth-order valence-corrected chi connectivity index (χ4v) is 7.24. The molecule has 0 aliphatic carbocycles. The molecule has 0 bridgehead atoms. The Bertz CT molecular complexity index is 918. The molecule has 1 saturated heterocycles. The smallest absolute Gasteiger partial charge is 0.268 e. The monoisotopic (exact) mass is 383 g/mol. The molecule has 26 heavy (non-hydrogen) atoms. The van der Waals surface area contributed by atoms with Crippen LogP contribution in [0.4, 0.5) is 0 Å². The number of fused-ring (bicyclic) bond motifs is 1. The van der Waals surface area contributed by atoms with Gasteiger partial charge in [0, 0.05) is 19.7 Å². The lowest BCUT2D eigenvalue weighted by molar-refractivity contribution is 0.0929. The number of hydrogen-bond acceptors (Lipinski definition) is 3. The van der Waals surface area contributed by atoms with Crippen LogP contribution in [0, 0.1) is 6.92 Å². The van der Waals surface area contributed by atoms with Gasteiger partial charge in [0.25, 0.3) is 5.91 Å². The molecule has 0 unspecified atom stereocenters. The second-order valence-corrected chi connectivity index (χ2v) is 14.5. The van der Waals surface area contributed by atoms with Crippen molar-refractivity contribution >= 4 is 35.7 Å². The number of aromatic nitrogens is 2. The first-order valence-corrected chi connectivity index (χ1v) is 13.5. The molecule has 0 saturated carbocycles. The second-order valence-electron chi connectivity index (χ2n) is 8.14. The molecule has 136 valence electrons. The molecule has 4 nitrogen and oxygen atoms in total. The summed E-state index contributed by atoms with van der Waals surface area (Å²) >= 11 is 1.63. The third-order valence-corrected chi connectivity index (χ3v) is 9.80. The molecule has 3 aromatic rings. The SMILES string of the molecule is Cc1ccccc1-c1nc2[nH]c(C(=O)NC3CC[Si](C)(C)CC3)cc2s1. The molecule has 1 aromatic carbocycles. The molecule has 4 rings (SSSR count). The Morgan fingerprint density at radius 2 is 2.00 bits per heavy atom. The van der Waals surface area contributed by atoms with Crippen LogP contribution in [0.25, 0.3) is 20.9 Å². The van der Waals surface area contributed by atoms with Crippen LogP contribution >= 0.6 is 11.3 Å². The van der Waals surface area contributed by atoms with E-state index in [1.54, 1.807) is 11.3 Å². The molecular weight excluding hydrogens is 358 g/mol. The minimum atomic E-state index is -0.989. The molecule has 1 amide bonds. The maximum Gasteiger partial charge on any atom is 0.268 e. The Labute approximate surface area is 159 Å². The van der Waals surface area contributed by atoms with E-state index < -0.39 is 8.07 Å². The lowest BCUT2D eigenvalue weighted by Gasteiger charge is -2.33. The van der Waals surface area contributed by atoms with Gasteiger partial charge in [0.1, 0.15) is 16.3 Å². The van der Waals surface area contributed by atoms with Crippen molar-refractivity contribution in [1.82, 2.24) is 15.3 Å². The highest BCUT2D eigenvalue weighted by Crippen LogP contribution is 2.32. The largest absolute Gasteiger partial charge is 0.348 e. The highest BCUT2D eigenvalue weighted by atomic mass is 32.1. The van der Waals surface area contributed by atoms with Crippen molar-refractivity contribution in [2.75, 3.05) is 0 Å². The molecule has 6 heteroatoms. The number of nitrogens with one attached hydrogen (secondary N) is 2. The predicted octanol–water partition coefficient (Wildman–Crippen LogP) is 5.20. The Hall–Kier alpha value is -1.92. The van der Waals surface area contributed by atoms with Crippen LogP contribution in [0.5, 0.6) is 0 Å². The topological polar surface area (TPSA) is 57.8 Å². The van der Waals surface area contributed by atoms with E-state index in [9.17, 15) is 4.79 Å². The summed E-state index contributed by atoms with van der Waals surface area (Å²) in [4.78, 5) is 20.5. The third-order valence-electron chi connectivity index (χ3n) is 5.48. The second kappa shape index (κ2) is 6.67. The van der Waals surface area contributed by atoms with Crippen LogP contribution in [0.1, 0.15) is 28.9 Å². The standard InChI is InChI=1S/C20H25N3OSSi/c1-13-6-4-5-7-15(13)20-23-18-17(25-20)12-16(22-18)19(24)21-14-8-10-26(2,3)11-9-14/h4-7,12,14,22H,8-11H2,1-3H3,(H,21,24). The highest BCUT2D eigenvalue weighted by molar-refractivity contribution is 7.21. The van der Waals surface area contributed by atoms with Crippen molar-refractivity contribution in [2.24, 2.45) is 0 Å². The van der Waals surface area contributed by atoms with Crippen molar-refractivity contribution < 1.29 is 4.79 Å². The van der Waals surface area contributed by atoms with Gasteiger partial charge in [-0.3, -0.25) is 4.79 Å². The first-order valence-electron chi connectivity index (χ1n) is 9.28. The summed E-state index contributed by atoms with van der Waals surface area (Å²) < 4.78 is 1.03. The van der Waals surface area contributed by atoms with Crippen LogP contribution in [0.2, 0.25) is 25.2 Å². The number of aryl methyl sites for hydroxylation is 1. The fraction of sp³-hybridized carbons (Fsp3) is 0.400. The molecule has 1 aliphatic rings. The summed E-state index contributed by atoms with van der Waals surface area (Å²) in [5.41, 5.74) is 3.79. The molecule has 0 spiro atoms. The number of amides is 1. The zero-order valence-electron chi connectivity index (χ0n) is 15.6. The maximum absolute atomic E-state index is 12.6. The number of nitrogens with zero attached hydrogens (tertiary/aromatic N) is 1. The summed E-state index contributed by atoms with van der Waals surface area (Å²) in [5.74, 6) is -0.000913. The van der Waals surface area contributed by atoms with Crippen LogP contribution in [-0.4, -0.2) is 30.0 Å². The summed E-state index contributed by atoms with van der Waals surface area (Å²) in [5, 5.41) is 4.20. The van der Waals surface area contributed by atoms with E-state index in [2.05, 4.69) is 42.5 Å². The molecule has 1 fully saturated rings. The number of carbonyl (C=O) groups is 1. The van der Waals surface area contributed by atoms with Crippen molar-refractivity contribution in [1.29, 1.82) is 0 Å². The van der Waals surface area contributed by atoms with Gasteiger partial charge in [-0.1, -0.05) is 49.4 Å². The minimum Gasteiger partial charge on any atom is -0.348 e. The minimum absolute atomic E-state index is 0.000913. The molecule has 0 radical (unpaired) electrons. The number of H-pyrrole nitrogens is 1. The third kappa shape index (κ3) is 3.48. The van der Waals surface area contributed by atoms with Crippen molar-refractivity contribution in [3.8, 4) is 10.6 Å². The average Bonchev–Trinajstić information content (AvgIpc) is 3.16. The van der Waals surface area contributed by atoms with Gasteiger partial charge in [0.15, 0.2) is 0 Å². The Morgan fingerprint density at radius 3 is 2.69 bits per heavy atom. The number of thiazole rings is 1. The molecule has 1 aliphatic heterocycles. The van der Waals surface area contributed by atoms with Crippen LogP contribution in [0.3, 0.4) is 0 Å². The number of hydrogen-bond donors (Lipinski definition) is 2. The molecule has 0 atom stereocenters. The fourth-order valence-electron chi connectivity index (χ4n) is 3.67. The number of benzene rings is 1. The van der Waals surface area contributed by atoms with Gasteiger partial charge >= 0.3 is 0 Å². The van der Waals surface area contributed by atoms with Crippen molar-refractivity contribution in [3.05, 3.63) is 41.6 Å². The van der Waals surface area contributed by atoms with E-state index in [1.807, 2.05) is 18.2 Å². The summed E-state index contributed by atoms with van der Waals surface area (Å²) in [7, 11) is -0.989. The van der Waals surface area contributed by atoms with Gasteiger partial charge in [-0.2, -0.15) is 0 Å². The quantitative estimate of drug-likeness (QED) is 0.611. The zero-order valence-corrected chi connectivity index (χ0v) is 17.4. The zero-order chi connectivity index (χ0) is 18.3. The Kier molecular flexibility index (Phi) is 4.48. The first kappa shape index (κ1) is 17.5. The number of carbonyl (C=O) groups excluding carboxylic acids is 1. The molecular formula is C20H25N3OSSi. The van der Waals surface area contributed by atoms with E-state index in [1.165, 1.54) is 17.7 Å². The lowest BCUT2D eigenvalue weighted by Crippen LogP contribution is -2.42. The number of rotatable bonds is 3. The average molecular weight is 384 g/mol. The predicted molar refractivity (Wildman–Crippen MR) is 112 cm³/mol. The van der Waals surface area contributed by atoms with Crippen LogP contribution < -0.4 is 5.32 Å². The lowest BCUT2D eigenvalue weighted by atomic mass is 10.1. The Balaban J connectivity index is 1.49. The van der Waals surface area contributed by atoms with E-state index in [0.29, 0.717) is 11.7 Å². The van der Waals surface area contributed by atoms with E-state index >= 15 is 0 Å². The summed E-state index contributed by atoms with van der Waals surface area (Å²) in [6.45, 7) is 6.99. The van der Waals surface area contributed by atoms with Crippen molar-refractivity contribution in [2.45, 2.75) is 51.0 Å². The van der Waals surface area contributed by atoms with Gasteiger partial charge in [-0.05, 0) is 31.4 Å². The first-order chi connectivity index (χ1) is 12.4. The van der Waals surface area contributed by atoms with Gasteiger partial charge in [-0.15, -0.1) is 11.3 Å². The molecule has 2 N–H and O–H groups in total. The van der Waals surface area contributed by atoms with Crippen LogP contribution in [0.15, 0.2) is 30.3 Å². The van der Waals surface area contributed by atoms with Crippen molar-refractivity contribution in [3.63, 3.8) is 0 Å². The molecule has 2 aromatic heterocycles. The van der Waals surface area contributed by atoms with Gasteiger partial charge in [-0.25, -0.2) is 4.98 Å². The normalized spacial score (nSPS) is 17.5. The summed E-state index contributed by atoms with van der Waals surface area (Å²) in [6, 6.07) is 13.1. The van der Waals surface area contributed by atoms with E-state index in [-0.39, 0.29) is 5.91 Å². The van der Waals surface area contributed by atoms with Gasteiger partial charge in [0.05, 0.1) is 4.70 Å². The van der Waals surface area contributed by atoms with E-state index in [0.717, 1.165) is 33.8 Å². The van der Waals surface area contributed by atoms with Gasteiger partial charge in [0.2, 0.25) is 0 Å². The van der Waals surface area contributed by atoms with Crippen LogP contribution in [-0.2, 0) is 0 Å². The molecule has 3 heterocycles. The Morgan fingerprint density at radius 1 is 1.27 bits per heavy atom. The van der Waals surface area contributed by atoms with Gasteiger partial charge < -0.3 is 10.3 Å².